The number of benzene rings is 1. The zero-order chi connectivity index (χ0) is 12.0. The van der Waals surface area contributed by atoms with Crippen LogP contribution >= 0.6 is 0 Å². The van der Waals surface area contributed by atoms with Gasteiger partial charge < -0.3 is 10.5 Å². The average molecular weight is 223 g/mol. The van der Waals surface area contributed by atoms with Gasteiger partial charge in [-0.15, -0.1) is 0 Å². The van der Waals surface area contributed by atoms with Gasteiger partial charge in [0.2, 0.25) is 0 Å². The smallest absolute Gasteiger partial charge is 0.165 e. The lowest BCUT2D eigenvalue weighted by Gasteiger charge is -2.08. The Morgan fingerprint density at radius 3 is 2.75 bits per heavy atom. The Bertz CT molecular complexity index is 374. The molecule has 3 heteroatoms. The molecule has 2 nitrogen and oxygen atoms in total. The summed E-state index contributed by atoms with van der Waals surface area (Å²) in [5.41, 5.74) is 7.58. The van der Waals surface area contributed by atoms with E-state index < -0.39 is 0 Å². The molecule has 0 radical (unpaired) electrons. The van der Waals surface area contributed by atoms with E-state index in [0.717, 1.165) is 11.1 Å². The van der Waals surface area contributed by atoms with Crippen LogP contribution in [0.25, 0.3) is 0 Å². The Kier molecular flexibility index (Phi) is 4.99. The fraction of sp³-hybridized carbons (Fsp3) is 0.385. The number of allylic oxidation sites excluding steroid dienone is 1. The third kappa shape index (κ3) is 3.35. The van der Waals surface area contributed by atoms with Gasteiger partial charge >= 0.3 is 0 Å². The van der Waals surface area contributed by atoms with Crippen LogP contribution in [0.2, 0.25) is 0 Å². The predicted molar refractivity (Wildman–Crippen MR) is 64.1 cm³/mol. The maximum absolute atomic E-state index is 13.5. The molecule has 0 aliphatic carbocycles. The van der Waals surface area contributed by atoms with Crippen molar-refractivity contribution in [1.29, 1.82) is 0 Å². The Labute approximate surface area is 95.9 Å². The molecule has 0 aliphatic heterocycles. The minimum Gasteiger partial charge on any atom is -0.491 e. The van der Waals surface area contributed by atoms with Gasteiger partial charge in [0.25, 0.3) is 0 Å². The molecule has 0 saturated heterocycles. The van der Waals surface area contributed by atoms with Crippen LogP contribution in [0.4, 0.5) is 4.39 Å². The molecule has 88 valence electrons. The maximum atomic E-state index is 13.5. The van der Waals surface area contributed by atoms with E-state index in [1.165, 1.54) is 6.07 Å². The summed E-state index contributed by atoms with van der Waals surface area (Å²) >= 11 is 0. The highest BCUT2D eigenvalue weighted by Gasteiger charge is 2.05. The molecular formula is C13H18FNO. The standard InChI is InChI=1S/C13H18FNO/c1-3-10(9-15)7-11-5-6-13(16-4-2)12(14)8-11/h3,5-6,8H,4,7,9,15H2,1-2H3/b10-3-. The molecule has 0 saturated carbocycles. The SMILES string of the molecule is C/C=C(\CN)Cc1ccc(OCC)c(F)c1. The van der Waals surface area contributed by atoms with Crippen molar-refractivity contribution in [3.05, 3.63) is 41.2 Å². The molecule has 0 aliphatic rings. The van der Waals surface area contributed by atoms with Gasteiger partial charge in [-0.2, -0.15) is 0 Å². The van der Waals surface area contributed by atoms with E-state index in [4.69, 9.17) is 10.5 Å². The summed E-state index contributed by atoms with van der Waals surface area (Å²) in [6.45, 7) is 4.75. The van der Waals surface area contributed by atoms with Crippen LogP contribution in [-0.2, 0) is 6.42 Å². The normalized spacial score (nSPS) is 11.6. The van der Waals surface area contributed by atoms with Crippen molar-refractivity contribution in [3.63, 3.8) is 0 Å². The first-order chi connectivity index (χ1) is 7.71. The lowest BCUT2D eigenvalue weighted by molar-refractivity contribution is 0.321. The Morgan fingerprint density at radius 2 is 2.25 bits per heavy atom. The molecule has 1 aromatic rings. The van der Waals surface area contributed by atoms with Crippen LogP contribution in [-0.4, -0.2) is 13.2 Å². The number of rotatable bonds is 5. The molecule has 0 amide bonds. The molecule has 2 N–H and O–H groups in total. The molecule has 0 unspecified atom stereocenters. The van der Waals surface area contributed by atoms with Crippen LogP contribution in [0.1, 0.15) is 19.4 Å². The van der Waals surface area contributed by atoms with Crippen molar-refractivity contribution in [3.8, 4) is 5.75 Å². The molecule has 0 fully saturated rings. The van der Waals surface area contributed by atoms with Gasteiger partial charge in [-0.3, -0.25) is 0 Å². The monoisotopic (exact) mass is 223 g/mol. The van der Waals surface area contributed by atoms with E-state index in [9.17, 15) is 4.39 Å². The number of ether oxygens (including phenoxy) is 1. The first-order valence-corrected chi connectivity index (χ1v) is 5.46. The van der Waals surface area contributed by atoms with Crippen molar-refractivity contribution in [2.24, 2.45) is 5.73 Å². The highest BCUT2D eigenvalue weighted by atomic mass is 19.1. The second-order valence-electron chi connectivity index (χ2n) is 3.53. The second-order valence-corrected chi connectivity index (χ2v) is 3.53. The minimum absolute atomic E-state index is 0.307. The van der Waals surface area contributed by atoms with Gasteiger partial charge in [-0.1, -0.05) is 17.7 Å². The third-order valence-electron chi connectivity index (χ3n) is 2.40. The predicted octanol–water partition coefficient (Wildman–Crippen LogP) is 2.67. The Morgan fingerprint density at radius 1 is 1.50 bits per heavy atom. The van der Waals surface area contributed by atoms with Crippen molar-refractivity contribution < 1.29 is 9.13 Å². The first-order valence-electron chi connectivity index (χ1n) is 5.46. The van der Waals surface area contributed by atoms with Gasteiger partial charge in [-0.05, 0) is 38.0 Å². The van der Waals surface area contributed by atoms with E-state index in [1.807, 2.05) is 26.0 Å². The summed E-state index contributed by atoms with van der Waals surface area (Å²) in [7, 11) is 0. The quantitative estimate of drug-likeness (QED) is 0.779. The number of halogens is 1. The average Bonchev–Trinajstić information content (AvgIpc) is 2.29. The summed E-state index contributed by atoms with van der Waals surface area (Å²) in [5.74, 6) is -0.00662. The second kappa shape index (κ2) is 6.28. The lowest BCUT2D eigenvalue weighted by Crippen LogP contribution is -2.05. The van der Waals surface area contributed by atoms with Crippen molar-refractivity contribution >= 4 is 0 Å². The highest BCUT2D eigenvalue weighted by Crippen LogP contribution is 2.19. The van der Waals surface area contributed by atoms with E-state index in [-0.39, 0.29) is 5.82 Å². The van der Waals surface area contributed by atoms with Crippen LogP contribution in [0.3, 0.4) is 0 Å². The van der Waals surface area contributed by atoms with Crippen LogP contribution in [0, 0.1) is 5.82 Å². The summed E-state index contributed by atoms with van der Waals surface area (Å²) in [6.07, 6.45) is 2.66. The fourth-order valence-electron chi connectivity index (χ4n) is 1.48. The van der Waals surface area contributed by atoms with Gasteiger partial charge in [0.05, 0.1) is 6.61 Å². The molecule has 0 bridgehead atoms. The molecule has 0 atom stereocenters. The van der Waals surface area contributed by atoms with E-state index in [0.29, 0.717) is 25.3 Å². The molecule has 1 rings (SSSR count). The van der Waals surface area contributed by atoms with Crippen molar-refractivity contribution in [2.75, 3.05) is 13.2 Å². The Hall–Kier alpha value is -1.35. The lowest BCUT2D eigenvalue weighted by atomic mass is 10.0. The van der Waals surface area contributed by atoms with E-state index in [2.05, 4.69) is 0 Å². The zero-order valence-electron chi connectivity index (χ0n) is 9.79. The van der Waals surface area contributed by atoms with Crippen molar-refractivity contribution in [1.82, 2.24) is 0 Å². The molecule has 0 heterocycles. The van der Waals surface area contributed by atoms with Gasteiger partial charge in [0.15, 0.2) is 11.6 Å². The topological polar surface area (TPSA) is 35.2 Å². The number of hydrogen-bond acceptors (Lipinski definition) is 2. The van der Waals surface area contributed by atoms with Gasteiger partial charge in [0.1, 0.15) is 0 Å². The minimum atomic E-state index is -0.313. The van der Waals surface area contributed by atoms with Gasteiger partial charge in [0, 0.05) is 6.54 Å². The fourth-order valence-corrected chi connectivity index (χ4v) is 1.48. The zero-order valence-corrected chi connectivity index (χ0v) is 9.79. The molecule has 1 aromatic carbocycles. The summed E-state index contributed by atoms with van der Waals surface area (Å²) < 4.78 is 18.7. The van der Waals surface area contributed by atoms with Gasteiger partial charge in [-0.25, -0.2) is 4.39 Å². The highest BCUT2D eigenvalue weighted by molar-refractivity contribution is 5.31. The molecular weight excluding hydrogens is 205 g/mol. The summed E-state index contributed by atoms with van der Waals surface area (Å²) in [4.78, 5) is 0. The molecule has 16 heavy (non-hydrogen) atoms. The Balaban J connectivity index is 2.80. The largest absolute Gasteiger partial charge is 0.491 e. The summed E-state index contributed by atoms with van der Waals surface area (Å²) in [6, 6.07) is 5.04. The third-order valence-corrected chi connectivity index (χ3v) is 2.40. The van der Waals surface area contributed by atoms with E-state index >= 15 is 0 Å². The van der Waals surface area contributed by atoms with E-state index in [1.54, 1.807) is 6.07 Å². The number of hydrogen-bond donors (Lipinski definition) is 1. The first kappa shape index (κ1) is 12.7. The molecule has 0 spiro atoms. The maximum Gasteiger partial charge on any atom is 0.165 e. The number of nitrogens with two attached hydrogens (primary N) is 1. The van der Waals surface area contributed by atoms with Crippen LogP contribution < -0.4 is 10.5 Å². The molecule has 0 aromatic heterocycles. The summed E-state index contributed by atoms with van der Waals surface area (Å²) in [5, 5.41) is 0. The van der Waals surface area contributed by atoms with Crippen LogP contribution in [0.5, 0.6) is 5.75 Å². The van der Waals surface area contributed by atoms with Crippen LogP contribution in [0.15, 0.2) is 29.8 Å². The van der Waals surface area contributed by atoms with Crippen molar-refractivity contribution in [2.45, 2.75) is 20.3 Å².